The van der Waals surface area contributed by atoms with E-state index in [0.29, 0.717) is 6.54 Å². The SMILES string of the molecule is FC1(F)CC=CCN2C1=N[C@H]1CCCC[C@H]12. The molecule has 88 valence electrons. The zero-order chi connectivity index (χ0) is 11.2. The van der Waals surface area contributed by atoms with Gasteiger partial charge in [-0.25, -0.2) is 0 Å². The molecule has 0 saturated heterocycles. The van der Waals surface area contributed by atoms with Crippen LogP contribution in [0, 0.1) is 0 Å². The van der Waals surface area contributed by atoms with Gasteiger partial charge >= 0.3 is 5.92 Å². The third-order valence-corrected chi connectivity index (χ3v) is 3.82. The fourth-order valence-corrected chi connectivity index (χ4v) is 3.03. The van der Waals surface area contributed by atoms with Crippen molar-refractivity contribution in [3.8, 4) is 0 Å². The maximum absolute atomic E-state index is 13.8. The van der Waals surface area contributed by atoms with Gasteiger partial charge in [-0.05, 0) is 12.8 Å². The maximum Gasteiger partial charge on any atom is 0.307 e. The molecule has 0 bridgehead atoms. The molecule has 3 aliphatic rings. The molecule has 2 nitrogen and oxygen atoms in total. The fraction of sp³-hybridized carbons (Fsp3) is 0.750. The number of nitrogens with zero attached hydrogens (tertiary/aromatic N) is 2. The molecular weight excluding hydrogens is 210 g/mol. The Hall–Kier alpha value is -0.930. The lowest BCUT2D eigenvalue weighted by atomic mass is 9.91. The highest BCUT2D eigenvalue weighted by atomic mass is 19.3. The molecule has 1 fully saturated rings. The van der Waals surface area contributed by atoms with Crippen LogP contribution < -0.4 is 0 Å². The summed E-state index contributed by atoms with van der Waals surface area (Å²) in [6.45, 7) is 0.607. The van der Waals surface area contributed by atoms with Gasteiger partial charge in [-0.3, -0.25) is 4.99 Å². The summed E-state index contributed by atoms with van der Waals surface area (Å²) < 4.78 is 27.7. The van der Waals surface area contributed by atoms with Crippen molar-refractivity contribution in [1.82, 2.24) is 4.90 Å². The molecule has 0 spiro atoms. The van der Waals surface area contributed by atoms with Gasteiger partial charge < -0.3 is 4.90 Å². The van der Waals surface area contributed by atoms with Crippen molar-refractivity contribution in [2.45, 2.75) is 50.1 Å². The first kappa shape index (κ1) is 10.2. The van der Waals surface area contributed by atoms with Crippen LogP contribution in [0.15, 0.2) is 17.1 Å². The van der Waals surface area contributed by atoms with Crippen LogP contribution in [0.4, 0.5) is 8.78 Å². The Morgan fingerprint density at radius 2 is 2.06 bits per heavy atom. The maximum atomic E-state index is 13.8. The van der Waals surface area contributed by atoms with E-state index < -0.39 is 5.92 Å². The van der Waals surface area contributed by atoms with Crippen molar-refractivity contribution in [3.63, 3.8) is 0 Å². The Morgan fingerprint density at radius 3 is 2.94 bits per heavy atom. The van der Waals surface area contributed by atoms with Crippen LogP contribution in [0.25, 0.3) is 0 Å². The van der Waals surface area contributed by atoms with Crippen molar-refractivity contribution < 1.29 is 8.78 Å². The van der Waals surface area contributed by atoms with Gasteiger partial charge in [0.2, 0.25) is 0 Å². The number of amidine groups is 1. The van der Waals surface area contributed by atoms with Crippen LogP contribution in [0.2, 0.25) is 0 Å². The van der Waals surface area contributed by atoms with E-state index in [-0.39, 0.29) is 24.3 Å². The standard InChI is InChI=1S/C12H16F2N2/c13-12(14)7-3-4-8-16-10-6-2-1-5-9(10)15-11(12)16/h3-4,9-10H,1-2,5-8H2/t9-,10+/m0/s1. The molecule has 4 heteroatoms. The van der Waals surface area contributed by atoms with E-state index in [1.807, 2.05) is 11.0 Å². The Kier molecular flexibility index (Phi) is 2.26. The minimum Gasteiger partial charge on any atom is -0.346 e. The van der Waals surface area contributed by atoms with Gasteiger partial charge in [0.25, 0.3) is 0 Å². The number of alkyl halides is 2. The molecule has 0 aromatic carbocycles. The topological polar surface area (TPSA) is 15.6 Å². The summed E-state index contributed by atoms with van der Waals surface area (Å²) in [5.74, 6) is -2.71. The number of halogens is 2. The minimum absolute atomic E-state index is 0.0504. The second kappa shape index (κ2) is 3.54. The molecular formula is C12H16F2N2. The molecule has 3 rings (SSSR count). The third kappa shape index (κ3) is 1.46. The summed E-state index contributed by atoms with van der Waals surface area (Å²) >= 11 is 0. The Morgan fingerprint density at radius 1 is 1.25 bits per heavy atom. The second-order valence-electron chi connectivity index (χ2n) is 4.90. The summed E-state index contributed by atoms with van der Waals surface area (Å²) in [4.78, 5) is 6.14. The lowest BCUT2D eigenvalue weighted by molar-refractivity contribution is 0.0680. The molecule has 1 saturated carbocycles. The van der Waals surface area contributed by atoms with Crippen molar-refractivity contribution in [2.75, 3.05) is 6.54 Å². The van der Waals surface area contributed by atoms with E-state index in [1.54, 1.807) is 6.08 Å². The average molecular weight is 226 g/mol. The summed E-state index contributed by atoms with van der Waals surface area (Å²) in [6, 6.07) is 0.360. The predicted molar refractivity (Wildman–Crippen MR) is 58.9 cm³/mol. The van der Waals surface area contributed by atoms with Crippen molar-refractivity contribution in [2.24, 2.45) is 4.99 Å². The number of hydrogen-bond donors (Lipinski definition) is 0. The van der Waals surface area contributed by atoms with Crippen molar-refractivity contribution in [1.29, 1.82) is 0 Å². The minimum atomic E-state index is -2.76. The molecule has 1 aliphatic carbocycles. The van der Waals surface area contributed by atoms with Gasteiger partial charge in [0, 0.05) is 13.0 Å². The number of rotatable bonds is 0. The van der Waals surface area contributed by atoms with E-state index in [1.165, 1.54) is 0 Å². The highest BCUT2D eigenvalue weighted by Gasteiger charge is 2.48. The van der Waals surface area contributed by atoms with E-state index in [9.17, 15) is 8.78 Å². The Balaban J connectivity index is 1.94. The number of fused-ring (bicyclic) bond motifs is 3. The monoisotopic (exact) mass is 226 g/mol. The van der Waals surface area contributed by atoms with Crippen LogP contribution in [-0.4, -0.2) is 35.3 Å². The van der Waals surface area contributed by atoms with Crippen LogP contribution in [0.3, 0.4) is 0 Å². The molecule has 2 aliphatic heterocycles. The molecule has 0 radical (unpaired) electrons. The number of allylic oxidation sites excluding steroid dienone is 1. The molecule has 2 atom stereocenters. The first-order valence-electron chi connectivity index (χ1n) is 6.06. The summed E-state index contributed by atoms with van der Waals surface area (Å²) in [7, 11) is 0. The van der Waals surface area contributed by atoms with E-state index in [0.717, 1.165) is 25.7 Å². The van der Waals surface area contributed by atoms with Crippen LogP contribution >= 0.6 is 0 Å². The van der Waals surface area contributed by atoms with Gasteiger partial charge in [-0.15, -0.1) is 0 Å². The average Bonchev–Trinajstić information content (AvgIpc) is 2.57. The Bertz CT molecular complexity index is 349. The first-order valence-corrected chi connectivity index (χ1v) is 6.06. The predicted octanol–water partition coefficient (Wildman–Crippen LogP) is 2.61. The van der Waals surface area contributed by atoms with Gasteiger partial charge in [0.05, 0.1) is 12.1 Å². The van der Waals surface area contributed by atoms with E-state index >= 15 is 0 Å². The first-order chi connectivity index (χ1) is 7.68. The van der Waals surface area contributed by atoms with Crippen molar-refractivity contribution >= 4 is 5.84 Å². The summed E-state index contributed by atoms with van der Waals surface area (Å²) in [5.41, 5.74) is 0. The highest BCUT2D eigenvalue weighted by molar-refractivity contribution is 5.91. The van der Waals surface area contributed by atoms with E-state index in [4.69, 9.17) is 0 Å². The molecule has 0 amide bonds. The molecule has 16 heavy (non-hydrogen) atoms. The lowest BCUT2D eigenvalue weighted by Crippen LogP contribution is -2.46. The van der Waals surface area contributed by atoms with Gasteiger partial charge in [-0.1, -0.05) is 25.0 Å². The van der Waals surface area contributed by atoms with Gasteiger partial charge in [0.15, 0.2) is 5.84 Å². The molecule has 0 aromatic heterocycles. The molecule has 0 unspecified atom stereocenters. The van der Waals surface area contributed by atoms with Crippen LogP contribution in [0.1, 0.15) is 32.1 Å². The largest absolute Gasteiger partial charge is 0.346 e. The molecule has 0 N–H and O–H groups in total. The summed E-state index contributed by atoms with van der Waals surface area (Å²) in [5, 5.41) is 0. The molecule has 0 aromatic rings. The van der Waals surface area contributed by atoms with E-state index in [2.05, 4.69) is 4.99 Å². The third-order valence-electron chi connectivity index (χ3n) is 3.82. The van der Waals surface area contributed by atoms with Crippen LogP contribution in [-0.2, 0) is 0 Å². The summed E-state index contributed by atoms with van der Waals surface area (Å²) in [6.07, 6.45) is 7.52. The van der Waals surface area contributed by atoms with Gasteiger partial charge in [0.1, 0.15) is 0 Å². The zero-order valence-corrected chi connectivity index (χ0v) is 9.20. The number of aliphatic imine (C=N–C) groups is 1. The number of hydrogen-bond acceptors (Lipinski definition) is 2. The second-order valence-corrected chi connectivity index (χ2v) is 4.90. The smallest absolute Gasteiger partial charge is 0.307 e. The molecule has 2 heterocycles. The normalized spacial score (nSPS) is 36.4. The van der Waals surface area contributed by atoms with Crippen molar-refractivity contribution in [3.05, 3.63) is 12.2 Å². The lowest BCUT2D eigenvalue weighted by Gasteiger charge is -2.33. The zero-order valence-electron chi connectivity index (χ0n) is 9.20. The highest BCUT2D eigenvalue weighted by Crippen LogP contribution is 2.37. The quantitative estimate of drug-likeness (QED) is 0.580. The van der Waals surface area contributed by atoms with Crippen LogP contribution in [0.5, 0.6) is 0 Å². The fourth-order valence-electron chi connectivity index (χ4n) is 3.03. The van der Waals surface area contributed by atoms with Gasteiger partial charge in [-0.2, -0.15) is 8.78 Å². The Labute approximate surface area is 94.0 Å².